The number of rotatable bonds is 10. The van der Waals surface area contributed by atoms with E-state index >= 15 is 0 Å². The smallest absolute Gasteiger partial charge is 0.261 e. The van der Waals surface area contributed by atoms with E-state index in [0.29, 0.717) is 27.8 Å². The molecule has 178 valence electrons. The van der Waals surface area contributed by atoms with Gasteiger partial charge in [0, 0.05) is 34.6 Å². The summed E-state index contributed by atoms with van der Waals surface area (Å²) < 4.78 is 5.72. The SMILES string of the molecule is CC(C)NC(=O)[C@H](Cc1ccccc1)N(Cc1c(Cl)cccc1Cl)C(=O)COc1ccccc1. The van der Waals surface area contributed by atoms with Crippen molar-refractivity contribution >= 4 is 35.0 Å². The second-order valence-corrected chi connectivity index (χ2v) is 9.01. The number of nitrogens with one attached hydrogen (secondary N) is 1. The molecule has 3 aromatic rings. The zero-order chi connectivity index (χ0) is 24.5. The molecule has 0 heterocycles. The molecular weight excluding hydrogens is 471 g/mol. The van der Waals surface area contributed by atoms with Crippen molar-refractivity contribution in [2.45, 2.75) is 38.9 Å². The Labute approximate surface area is 210 Å². The quantitative estimate of drug-likeness (QED) is 0.399. The van der Waals surface area contributed by atoms with Crippen LogP contribution in [0.4, 0.5) is 0 Å². The summed E-state index contributed by atoms with van der Waals surface area (Å²) in [5, 5.41) is 3.80. The number of nitrogens with zero attached hydrogens (tertiary/aromatic N) is 1. The molecule has 0 aromatic heterocycles. The Morgan fingerprint density at radius 1 is 0.882 bits per heavy atom. The second kappa shape index (κ2) is 12.4. The molecule has 1 N–H and O–H groups in total. The second-order valence-electron chi connectivity index (χ2n) is 8.19. The van der Waals surface area contributed by atoms with Gasteiger partial charge in [-0.15, -0.1) is 0 Å². The van der Waals surface area contributed by atoms with Crippen molar-refractivity contribution in [2.75, 3.05) is 6.61 Å². The van der Waals surface area contributed by atoms with Crippen molar-refractivity contribution in [3.05, 3.63) is 100 Å². The van der Waals surface area contributed by atoms with Gasteiger partial charge in [0.15, 0.2) is 6.61 Å². The summed E-state index contributed by atoms with van der Waals surface area (Å²) in [6, 6.07) is 22.9. The first-order valence-corrected chi connectivity index (χ1v) is 11.8. The molecule has 0 saturated heterocycles. The maximum Gasteiger partial charge on any atom is 0.261 e. The Balaban J connectivity index is 1.95. The molecule has 0 aliphatic carbocycles. The molecule has 0 bridgehead atoms. The molecule has 34 heavy (non-hydrogen) atoms. The van der Waals surface area contributed by atoms with Gasteiger partial charge in [-0.1, -0.05) is 77.8 Å². The first-order chi connectivity index (χ1) is 16.3. The highest BCUT2D eigenvalue weighted by atomic mass is 35.5. The molecule has 0 fully saturated rings. The van der Waals surface area contributed by atoms with Gasteiger partial charge >= 0.3 is 0 Å². The zero-order valence-electron chi connectivity index (χ0n) is 19.2. The monoisotopic (exact) mass is 498 g/mol. The van der Waals surface area contributed by atoms with Gasteiger partial charge < -0.3 is 15.0 Å². The lowest BCUT2D eigenvalue weighted by Gasteiger charge is -2.32. The number of para-hydroxylation sites is 1. The molecule has 0 aliphatic heterocycles. The van der Waals surface area contributed by atoms with Gasteiger partial charge in [0.2, 0.25) is 5.91 Å². The third kappa shape index (κ3) is 7.24. The van der Waals surface area contributed by atoms with Gasteiger partial charge in [-0.05, 0) is 43.7 Å². The fourth-order valence-corrected chi connectivity index (χ4v) is 4.05. The summed E-state index contributed by atoms with van der Waals surface area (Å²) in [5.41, 5.74) is 1.51. The predicted molar refractivity (Wildman–Crippen MR) is 136 cm³/mol. The Bertz CT molecular complexity index is 1070. The Morgan fingerprint density at radius 3 is 2.06 bits per heavy atom. The number of hydrogen-bond donors (Lipinski definition) is 1. The molecular formula is C27H28Cl2N2O3. The lowest BCUT2D eigenvalue weighted by atomic mass is 10.0. The number of benzene rings is 3. The normalized spacial score (nSPS) is 11.7. The van der Waals surface area contributed by atoms with E-state index in [1.54, 1.807) is 30.3 Å². The maximum absolute atomic E-state index is 13.5. The highest BCUT2D eigenvalue weighted by Crippen LogP contribution is 2.27. The minimum atomic E-state index is -0.788. The van der Waals surface area contributed by atoms with Crippen LogP contribution in [0.2, 0.25) is 10.0 Å². The fraction of sp³-hybridized carbons (Fsp3) is 0.259. The summed E-state index contributed by atoms with van der Waals surface area (Å²) >= 11 is 12.9. The first kappa shape index (κ1) is 25.6. The van der Waals surface area contributed by atoms with Crippen LogP contribution in [0, 0.1) is 0 Å². The van der Waals surface area contributed by atoms with Crippen molar-refractivity contribution in [1.29, 1.82) is 0 Å². The van der Waals surface area contributed by atoms with Gasteiger partial charge in [0.1, 0.15) is 11.8 Å². The van der Waals surface area contributed by atoms with Gasteiger partial charge in [0.25, 0.3) is 5.91 Å². The van der Waals surface area contributed by atoms with E-state index < -0.39 is 6.04 Å². The third-order valence-electron chi connectivity index (χ3n) is 5.20. The van der Waals surface area contributed by atoms with Crippen LogP contribution in [0.25, 0.3) is 0 Å². The third-order valence-corrected chi connectivity index (χ3v) is 5.91. The van der Waals surface area contributed by atoms with Gasteiger partial charge in [-0.25, -0.2) is 0 Å². The van der Waals surface area contributed by atoms with E-state index in [0.717, 1.165) is 5.56 Å². The number of amides is 2. The maximum atomic E-state index is 13.5. The lowest BCUT2D eigenvalue weighted by molar-refractivity contribution is -0.143. The van der Waals surface area contributed by atoms with Crippen molar-refractivity contribution in [2.24, 2.45) is 0 Å². The predicted octanol–water partition coefficient (Wildman–Crippen LogP) is 5.54. The summed E-state index contributed by atoms with van der Waals surface area (Å²) in [4.78, 5) is 28.3. The molecule has 3 aromatic carbocycles. The number of carbonyl (C=O) groups is 2. The highest BCUT2D eigenvalue weighted by Gasteiger charge is 2.32. The number of ether oxygens (including phenoxy) is 1. The molecule has 0 radical (unpaired) electrons. The Hall–Kier alpha value is -3.02. The van der Waals surface area contributed by atoms with Crippen LogP contribution < -0.4 is 10.1 Å². The molecule has 5 nitrogen and oxygen atoms in total. The molecule has 7 heteroatoms. The van der Waals surface area contributed by atoms with Gasteiger partial charge in [0.05, 0.1) is 0 Å². The van der Waals surface area contributed by atoms with Crippen LogP contribution in [0.5, 0.6) is 5.75 Å². The number of halogens is 2. The van der Waals surface area contributed by atoms with Crippen molar-refractivity contribution in [1.82, 2.24) is 10.2 Å². The van der Waals surface area contributed by atoms with Crippen LogP contribution in [0.15, 0.2) is 78.9 Å². The van der Waals surface area contributed by atoms with E-state index in [1.165, 1.54) is 4.90 Å². The van der Waals surface area contributed by atoms with E-state index in [4.69, 9.17) is 27.9 Å². The molecule has 3 rings (SSSR count). The minimum Gasteiger partial charge on any atom is -0.484 e. The van der Waals surface area contributed by atoms with E-state index in [2.05, 4.69) is 5.32 Å². The van der Waals surface area contributed by atoms with Crippen LogP contribution in [0.1, 0.15) is 25.0 Å². The lowest BCUT2D eigenvalue weighted by Crippen LogP contribution is -2.52. The molecule has 0 unspecified atom stereocenters. The molecule has 2 amide bonds. The molecule has 0 spiro atoms. The average molecular weight is 499 g/mol. The van der Waals surface area contributed by atoms with E-state index in [-0.39, 0.29) is 31.0 Å². The van der Waals surface area contributed by atoms with E-state index in [9.17, 15) is 9.59 Å². The molecule has 0 aliphatic rings. The Kier molecular flexibility index (Phi) is 9.37. The summed E-state index contributed by atoms with van der Waals surface area (Å²) in [6.45, 7) is 3.60. The summed E-state index contributed by atoms with van der Waals surface area (Å²) in [7, 11) is 0. The van der Waals surface area contributed by atoms with Gasteiger partial charge in [-0.2, -0.15) is 0 Å². The zero-order valence-corrected chi connectivity index (χ0v) is 20.7. The van der Waals surface area contributed by atoms with Crippen LogP contribution in [0.3, 0.4) is 0 Å². The fourth-order valence-electron chi connectivity index (χ4n) is 3.53. The molecule has 0 saturated carbocycles. The number of hydrogen-bond acceptors (Lipinski definition) is 3. The van der Waals surface area contributed by atoms with Crippen LogP contribution >= 0.6 is 23.2 Å². The van der Waals surface area contributed by atoms with Gasteiger partial charge in [-0.3, -0.25) is 9.59 Å². The number of carbonyl (C=O) groups excluding carboxylic acids is 2. The molecule has 1 atom stereocenters. The minimum absolute atomic E-state index is 0.0680. The Morgan fingerprint density at radius 2 is 1.47 bits per heavy atom. The highest BCUT2D eigenvalue weighted by molar-refractivity contribution is 6.36. The van der Waals surface area contributed by atoms with Crippen molar-refractivity contribution < 1.29 is 14.3 Å². The largest absolute Gasteiger partial charge is 0.484 e. The van der Waals surface area contributed by atoms with Crippen molar-refractivity contribution in [3.8, 4) is 5.75 Å². The van der Waals surface area contributed by atoms with Crippen LogP contribution in [-0.2, 0) is 22.6 Å². The standard InChI is InChI=1S/C27H28Cl2N2O3/c1-19(2)30-27(33)25(16-20-10-5-3-6-11-20)31(17-22-23(28)14-9-15-24(22)29)26(32)18-34-21-12-7-4-8-13-21/h3-15,19,25H,16-18H2,1-2H3,(H,30,33)/t25-/m0/s1. The topological polar surface area (TPSA) is 58.6 Å². The van der Waals surface area contributed by atoms with Crippen LogP contribution in [-0.4, -0.2) is 35.4 Å². The summed E-state index contributed by atoms with van der Waals surface area (Å²) in [5.74, 6) is -0.0346. The van der Waals surface area contributed by atoms with Crippen molar-refractivity contribution in [3.63, 3.8) is 0 Å². The van der Waals surface area contributed by atoms with E-state index in [1.807, 2.05) is 62.4 Å². The first-order valence-electron chi connectivity index (χ1n) is 11.1. The summed E-state index contributed by atoms with van der Waals surface area (Å²) in [6.07, 6.45) is 0.332. The average Bonchev–Trinajstić information content (AvgIpc) is 2.82.